The molecule has 5 nitrogen and oxygen atoms in total. The number of ketones is 1. The molecule has 1 amide bonds. The Labute approximate surface area is 152 Å². The predicted molar refractivity (Wildman–Crippen MR) is 98.0 cm³/mol. The molecule has 2 atom stereocenters. The molecule has 0 unspecified atom stereocenters. The second-order valence-electron chi connectivity index (χ2n) is 6.55. The molecule has 1 saturated heterocycles. The van der Waals surface area contributed by atoms with Crippen molar-refractivity contribution in [3.63, 3.8) is 0 Å². The van der Waals surface area contributed by atoms with Gasteiger partial charge in [0.1, 0.15) is 0 Å². The van der Waals surface area contributed by atoms with Crippen LogP contribution in [0.1, 0.15) is 29.3 Å². The lowest BCUT2D eigenvalue weighted by Crippen LogP contribution is -2.30. The zero-order valence-electron chi connectivity index (χ0n) is 14.8. The fourth-order valence-corrected chi connectivity index (χ4v) is 3.00. The molecule has 0 aromatic heterocycles. The number of aryl methyl sites for hydroxylation is 1. The maximum absolute atomic E-state index is 12.4. The standard InChI is InChI=1S/C21H21NO4/c1-14-8-10-16(11-9-14)20(24)15(2)26-21(25)17-12-19(23)22(13-17)18-6-4-3-5-7-18/h3-11,15,17H,12-13H2,1-2H3/t15-,17+/m0/s1. The van der Waals surface area contributed by atoms with E-state index in [1.54, 1.807) is 24.0 Å². The van der Waals surface area contributed by atoms with Gasteiger partial charge in [0.15, 0.2) is 6.10 Å². The molecule has 0 aliphatic carbocycles. The first-order valence-corrected chi connectivity index (χ1v) is 8.62. The number of para-hydroxylation sites is 1. The Morgan fingerprint density at radius 2 is 1.73 bits per heavy atom. The van der Waals surface area contributed by atoms with Gasteiger partial charge in [0.25, 0.3) is 0 Å². The SMILES string of the molecule is Cc1ccc(C(=O)[C@H](C)OC(=O)[C@@H]2CC(=O)N(c3ccccc3)C2)cc1. The number of amides is 1. The van der Waals surface area contributed by atoms with Gasteiger partial charge in [0.05, 0.1) is 5.92 Å². The van der Waals surface area contributed by atoms with Crippen LogP contribution in [0.2, 0.25) is 0 Å². The molecule has 26 heavy (non-hydrogen) atoms. The van der Waals surface area contributed by atoms with Crippen LogP contribution in [0.5, 0.6) is 0 Å². The highest BCUT2D eigenvalue weighted by molar-refractivity contribution is 6.02. The van der Waals surface area contributed by atoms with E-state index in [-0.39, 0.29) is 24.7 Å². The van der Waals surface area contributed by atoms with Crippen molar-refractivity contribution in [1.82, 2.24) is 0 Å². The number of benzene rings is 2. The third-order valence-corrected chi connectivity index (χ3v) is 4.52. The van der Waals surface area contributed by atoms with E-state index in [0.717, 1.165) is 11.3 Å². The maximum atomic E-state index is 12.4. The van der Waals surface area contributed by atoms with Gasteiger partial charge >= 0.3 is 5.97 Å². The largest absolute Gasteiger partial charge is 0.454 e. The van der Waals surface area contributed by atoms with Crippen molar-refractivity contribution in [2.75, 3.05) is 11.4 Å². The summed E-state index contributed by atoms with van der Waals surface area (Å²) in [7, 11) is 0. The van der Waals surface area contributed by atoms with Crippen LogP contribution in [0, 0.1) is 12.8 Å². The van der Waals surface area contributed by atoms with Crippen LogP contribution in [0.15, 0.2) is 54.6 Å². The summed E-state index contributed by atoms with van der Waals surface area (Å²) in [4.78, 5) is 38.6. The van der Waals surface area contributed by atoms with Gasteiger partial charge in [-0.1, -0.05) is 48.0 Å². The summed E-state index contributed by atoms with van der Waals surface area (Å²) in [6.07, 6.45) is -0.787. The Bertz CT molecular complexity index is 814. The van der Waals surface area contributed by atoms with Gasteiger partial charge in [-0.05, 0) is 26.0 Å². The minimum atomic E-state index is -0.883. The fourth-order valence-electron chi connectivity index (χ4n) is 3.00. The Morgan fingerprint density at radius 3 is 2.38 bits per heavy atom. The number of hydrogen-bond acceptors (Lipinski definition) is 4. The van der Waals surface area contributed by atoms with Crippen LogP contribution >= 0.6 is 0 Å². The van der Waals surface area contributed by atoms with Crippen molar-refractivity contribution in [2.45, 2.75) is 26.4 Å². The third-order valence-electron chi connectivity index (χ3n) is 4.52. The molecule has 0 N–H and O–H groups in total. The molecule has 134 valence electrons. The van der Waals surface area contributed by atoms with Gasteiger partial charge in [-0.2, -0.15) is 0 Å². The van der Waals surface area contributed by atoms with Gasteiger partial charge in [-0.25, -0.2) is 0 Å². The molecule has 1 aliphatic rings. The number of rotatable bonds is 5. The van der Waals surface area contributed by atoms with Gasteiger partial charge < -0.3 is 9.64 Å². The molecule has 0 saturated carbocycles. The lowest BCUT2D eigenvalue weighted by Gasteiger charge is -2.17. The molecule has 3 rings (SSSR count). The first-order valence-electron chi connectivity index (χ1n) is 8.62. The smallest absolute Gasteiger partial charge is 0.312 e. The first kappa shape index (κ1) is 17.9. The van der Waals surface area contributed by atoms with Crippen molar-refractivity contribution < 1.29 is 19.1 Å². The average Bonchev–Trinajstić information content (AvgIpc) is 3.04. The lowest BCUT2D eigenvalue weighted by atomic mass is 10.1. The highest BCUT2D eigenvalue weighted by atomic mass is 16.5. The Kier molecular flexibility index (Phi) is 5.16. The third kappa shape index (κ3) is 3.82. The molecule has 1 heterocycles. The van der Waals surface area contributed by atoms with E-state index in [1.807, 2.05) is 49.4 Å². The van der Waals surface area contributed by atoms with Crippen LogP contribution < -0.4 is 4.90 Å². The van der Waals surface area contributed by atoms with Crippen LogP contribution in [0.25, 0.3) is 0 Å². The normalized spacial score (nSPS) is 17.8. The highest BCUT2D eigenvalue weighted by Crippen LogP contribution is 2.26. The summed E-state index contributed by atoms with van der Waals surface area (Å²) in [5.41, 5.74) is 2.32. The van der Waals surface area contributed by atoms with E-state index in [0.29, 0.717) is 5.56 Å². The van der Waals surface area contributed by atoms with Crippen LogP contribution in [0.3, 0.4) is 0 Å². The summed E-state index contributed by atoms with van der Waals surface area (Å²) in [6, 6.07) is 16.3. The summed E-state index contributed by atoms with van der Waals surface area (Å²) < 4.78 is 5.35. The quantitative estimate of drug-likeness (QED) is 0.613. The number of nitrogens with zero attached hydrogens (tertiary/aromatic N) is 1. The second-order valence-corrected chi connectivity index (χ2v) is 6.55. The molecule has 0 radical (unpaired) electrons. The minimum Gasteiger partial charge on any atom is -0.454 e. The molecule has 5 heteroatoms. The van der Waals surface area contributed by atoms with Crippen molar-refractivity contribution in [1.29, 1.82) is 0 Å². The van der Waals surface area contributed by atoms with E-state index in [1.165, 1.54) is 0 Å². The number of Topliss-reactive ketones (excluding diaryl/α,β-unsaturated/α-hetero) is 1. The number of ether oxygens (including phenoxy) is 1. The number of hydrogen-bond donors (Lipinski definition) is 0. The van der Waals surface area contributed by atoms with Crippen molar-refractivity contribution in [2.24, 2.45) is 5.92 Å². The zero-order valence-corrected chi connectivity index (χ0v) is 14.8. The lowest BCUT2D eigenvalue weighted by molar-refractivity contribution is -0.151. The van der Waals surface area contributed by atoms with Gasteiger partial charge in [-0.15, -0.1) is 0 Å². The molecule has 0 spiro atoms. The van der Waals surface area contributed by atoms with E-state index < -0.39 is 18.0 Å². The Hall–Kier alpha value is -2.95. The summed E-state index contributed by atoms with van der Waals surface area (Å²) in [6.45, 7) is 3.77. The Balaban J connectivity index is 1.62. The van der Waals surface area contributed by atoms with Crippen LogP contribution in [-0.4, -0.2) is 30.3 Å². The zero-order chi connectivity index (χ0) is 18.7. The number of carbonyl (C=O) groups excluding carboxylic acids is 3. The average molecular weight is 351 g/mol. The van der Waals surface area contributed by atoms with Crippen LogP contribution in [0.4, 0.5) is 5.69 Å². The molecule has 1 fully saturated rings. The number of esters is 1. The van der Waals surface area contributed by atoms with Gasteiger partial charge in [0.2, 0.25) is 11.7 Å². The summed E-state index contributed by atoms with van der Waals surface area (Å²) >= 11 is 0. The molecule has 0 bridgehead atoms. The molecule has 1 aliphatic heterocycles. The topological polar surface area (TPSA) is 63.7 Å². The van der Waals surface area contributed by atoms with Crippen LogP contribution in [-0.2, 0) is 14.3 Å². The highest BCUT2D eigenvalue weighted by Gasteiger charge is 2.37. The van der Waals surface area contributed by atoms with Crippen molar-refractivity contribution in [3.8, 4) is 0 Å². The van der Waals surface area contributed by atoms with E-state index >= 15 is 0 Å². The first-order chi connectivity index (χ1) is 12.5. The molecule has 2 aromatic carbocycles. The predicted octanol–water partition coefficient (Wildman–Crippen LogP) is 3.16. The molecular formula is C21H21NO4. The van der Waals surface area contributed by atoms with Crippen molar-refractivity contribution >= 4 is 23.3 Å². The molecular weight excluding hydrogens is 330 g/mol. The number of anilines is 1. The fraction of sp³-hybridized carbons (Fsp3) is 0.286. The van der Waals surface area contributed by atoms with Gasteiger partial charge in [0, 0.05) is 24.2 Å². The Morgan fingerprint density at radius 1 is 1.08 bits per heavy atom. The second kappa shape index (κ2) is 7.52. The van der Waals surface area contributed by atoms with E-state index in [2.05, 4.69) is 0 Å². The van der Waals surface area contributed by atoms with E-state index in [9.17, 15) is 14.4 Å². The number of carbonyl (C=O) groups is 3. The maximum Gasteiger partial charge on any atom is 0.312 e. The van der Waals surface area contributed by atoms with E-state index in [4.69, 9.17) is 4.74 Å². The van der Waals surface area contributed by atoms with Crippen molar-refractivity contribution in [3.05, 3.63) is 65.7 Å². The summed E-state index contributed by atoms with van der Waals surface area (Å²) in [5.74, 6) is -1.43. The minimum absolute atomic E-state index is 0.0964. The molecule has 2 aromatic rings. The summed E-state index contributed by atoms with van der Waals surface area (Å²) in [5, 5.41) is 0. The monoisotopic (exact) mass is 351 g/mol. The van der Waals surface area contributed by atoms with Gasteiger partial charge in [-0.3, -0.25) is 14.4 Å².